The number of rotatable bonds is 7. The Labute approximate surface area is 204 Å². The standard InChI is InChI=1S/C30H43O2P/c1-20(2)31-28-25(22-14-8-5-9-15-22)26(23-16-10-6-11-17-23)30(33)29(32-21(3)4)27(28)24-18-12-7-13-19-24/h7,12-13,18-23H,5-6,8-11,14-17,33H2,1-4H3. The van der Waals surface area contributed by atoms with Gasteiger partial charge in [0.15, 0.2) is 0 Å². The van der Waals surface area contributed by atoms with Crippen LogP contribution in [0.2, 0.25) is 0 Å². The molecule has 33 heavy (non-hydrogen) atoms. The van der Waals surface area contributed by atoms with E-state index >= 15 is 0 Å². The monoisotopic (exact) mass is 466 g/mol. The van der Waals surface area contributed by atoms with Crippen molar-refractivity contribution in [2.24, 2.45) is 0 Å². The number of hydrogen-bond donors (Lipinski definition) is 0. The van der Waals surface area contributed by atoms with E-state index in [2.05, 4.69) is 67.3 Å². The maximum Gasteiger partial charge on any atom is 0.138 e. The molecule has 0 aliphatic heterocycles. The third-order valence-corrected chi connectivity index (χ3v) is 7.89. The summed E-state index contributed by atoms with van der Waals surface area (Å²) in [5.41, 5.74) is 5.40. The molecule has 0 radical (unpaired) electrons. The van der Waals surface area contributed by atoms with Gasteiger partial charge in [0.2, 0.25) is 0 Å². The molecule has 2 aliphatic carbocycles. The molecule has 2 aromatic carbocycles. The Kier molecular flexibility index (Phi) is 8.39. The molecule has 0 amide bonds. The van der Waals surface area contributed by atoms with E-state index in [9.17, 15) is 0 Å². The zero-order chi connectivity index (χ0) is 23.4. The molecule has 4 rings (SSSR count). The van der Waals surface area contributed by atoms with Crippen molar-refractivity contribution in [3.05, 3.63) is 41.5 Å². The minimum Gasteiger partial charge on any atom is -0.490 e. The molecule has 0 N–H and O–H groups in total. The molecular weight excluding hydrogens is 423 g/mol. The molecule has 2 aliphatic rings. The fourth-order valence-corrected chi connectivity index (χ4v) is 6.58. The van der Waals surface area contributed by atoms with E-state index in [1.54, 1.807) is 0 Å². The molecule has 0 heterocycles. The van der Waals surface area contributed by atoms with Crippen molar-refractivity contribution in [3.8, 4) is 22.6 Å². The SMILES string of the molecule is CC(C)Oc1c(P)c(C2CCCCC2)c(C2CCCCC2)c(OC(C)C)c1-c1ccccc1. The lowest BCUT2D eigenvalue weighted by molar-refractivity contribution is 0.227. The topological polar surface area (TPSA) is 18.5 Å². The average molecular weight is 467 g/mol. The predicted molar refractivity (Wildman–Crippen MR) is 144 cm³/mol. The van der Waals surface area contributed by atoms with Gasteiger partial charge in [0.1, 0.15) is 11.5 Å². The van der Waals surface area contributed by atoms with Gasteiger partial charge in [0.25, 0.3) is 0 Å². The summed E-state index contributed by atoms with van der Waals surface area (Å²) in [5.74, 6) is 3.30. The minimum atomic E-state index is 0.110. The average Bonchev–Trinajstić information content (AvgIpc) is 2.82. The third-order valence-electron chi connectivity index (χ3n) is 7.32. The Morgan fingerprint density at radius 2 is 1.15 bits per heavy atom. The van der Waals surface area contributed by atoms with Crippen LogP contribution in [0.5, 0.6) is 11.5 Å². The smallest absolute Gasteiger partial charge is 0.138 e. The molecule has 0 saturated heterocycles. The summed E-state index contributed by atoms with van der Waals surface area (Å²) < 4.78 is 13.4. The van der Waals surface area contributed by atoms with Crippen molar-refractivity contribution in [2.75, 3.05) is 0 Å². The third kappa shape index (κ3) is 5.59. The Balaban J connectivity index is 2.04. The van der Waals surface area contributed by atoms with E-state index in [0.29, 0.717) is 11.8 Å². The van der Waals surface area contributed by atoms with Crippen molar-refractivity contribution in [2.45, 2.75) is 116 Å². The van der Waals surface area contributed by atoms with E-state index in [-0.39, 0.29) is 12.2 Å². The van der Waals surface area contributed by atoms with Crippen LogP contribution in [0.25, 0.3) is 11.1 Å². The first-order chi connectivity index (χ1) is 16.0. The van der Waals surface area contributed by atoms with Crippen molar-refractivity contribution < 1.29 is 9.47 Å². The normalized spacial score (nSPS) is 18.2. The van der Waals surface area contributed by atoms with Gasteiger partial charge in [-0.1, -0.05) is 68.9 Å². The van der Waals surface area contributed by atoms with Crippen LogP contribution in [-0.4, -0.2) is 12.2 Å². The highest BCUT2D eigenvalue weighted by molar-refractivity contribution is 7.28. The van der Waals surface area contributed by atoms with Crippen LogP contribution >= 0.6 is 9.24 Å². The summed E-state index contributed by atoms with van der Waals surface area (Å²) in [4.78, 5) is 0. The van der Waals surface area contributed by atoms with Crippen LogP contribution in [0.4, 0.5) is 0 Å². The number of hydrogen-bond acceptors (Lipinski definition) is 2. The fraction of sp³-hybridized carbons (Fsp3) is 0.600. The molecule has 2 saturated carbocycles. The van der Waals surface area contributed by atoms with E-state index < -0.39 is 0 Å². The van der Waals surface area contributed by atoms with Crippen LogP contribution in [0.15, 0.2) is 30.3 Å². The lowest BCUT2D eigenvalue weighted by Gasteiger charge is -2.35. The first kappa shape index (κ1) is 24.6. The molecule has 2 aromatic rings. The van der Waals surface area contributed by atoms with Gasteiger partial charge in [-0.05, 0) is 76.3 Å². The molecule has 1 atom stereocenters. The number of benzene rings is 2. The summed E-state index contributed by atoms with van der Waals surface area (Å²) >= 11 is 0. The first-order valence-corrected chi connectivity index (χ1v) is 13.9. The predicted octanol–water partition coefficient (Wildman–Crippen LogP) is 8.52. The van der Waals surface area contributed by atoms with Gasteiger partial charge >= 0.3 is 0 Å². The van der Waals surface area contributed by atoms with Crippen LogP contribution in [0.1, 0.15) is 115 Å². The molecule has 3 heteroatoms. The molecule has 0 bridgehead atoms. The molecule has 1 unspecified atom stereocenters. The van der Waals surface area contributed by atoms with Gasteiger partial charge in [0, 0.05) is 10.9 Å². The van der Waals surface area contributed by atoms with Crippen molar-refractivity contribution >= 4 is 14.5 Å². The second-order valence-electron chi connectivity index (χ2n) is 10.6. The van der Waals surface area contributed by atoms with Crippen LogP contribution in [0, 0.1) is 0 Å². The Bertz CT molecular complexity index is 907. The maximum atomic E-state index is 6.80. The zero-order valence-electron chi connectivity index (χ0n) is 21.2. The van der Waals surface area contributed by atoms with E-state index in [4.69, 9.17) is 9.47 Å². The van der Waals surface area contributed by atoms with Crippen LogP contribution in [-0.2, 0) is 0 Å². The highest BCUT2D eigenvalue weighted by Gasteiger charge is 2.34. The molecule has 2 fully saturated rings. The van der Waals surface area contributed by atoms with Gasteiger partial charge in [-0.3, -0.25) is 0 Å². The summed E-state index contributed by atoms with van der Waals surface area (Å²) in [6.07, 6.45) is 13.4. The lowest BCUT2D eigenvalue weighted by atomic mass is 9.74. The Hall–Kier alpha value is -1.53. The zero-order valence-corrected chi connectivity index (χ0v) is 22.3. The number of ether oxygens (including phenoxy) is 2. The second kappa shape index (κ2) is 11.3. The molecule has 0 aromatic heterocycles. The Morgan fingerprint density at radius 3 is 1.67 bits per heavy atom. The lowest BCUT2D eigenvalue weighted by Crippen LogP contribution is -2.24. The first-order valence-electron chi connectivity index (χ1n) is 13.3. The Morgan fingerprint density at radius 1 is 0.667 bits per heavy atom. The van der Waals surface area contributed by atoms with E-state index in [0.717, 1.165) is 17.1 Å². The highest BCUT2D eigenvalue weighted by atomic mass is 31.0. The van der Waals surface area contributed by atoms with E-state index in [1.165, 1.54) is 86.2 Å². The maximum absolute atomic E-state index is 6.80. The van der Waals surface area contributed by atoms with Gasteiger partial charge in [-0.2, -0.15) is 0 Å². The molecular formula is C30H43O2P. The summed E-state index contributed by atoms with van der Waals surface area (Å²) in [7, 11) is 3.13. The quantitative estimate of drug-likeness (QED) is 0.381. The largest absolute Gasteiger partial charge is 0.490 e. The van der Waals surface area contributed by atoms with Crippen LogP contribution < -0.4 is 14.8 Å². The van der Waals surface area contributed by atoms with E-state index in [1.807, 2.05) is 0 Å². The van der Waals surface area contributed by atoms with Crippen molar-refractivity contribution in [1.29, 1.82) is 0 Å². The minimum absolute atomic E-state index is 0.110. The second-order valence-corrected chi connectivity index (χ2v) is 11.2. The highest BCUT2D eigenvalue weighted by Crippen LogP contribution is 2.52. The van der Waals surface area contributed by atoms with Crippen molar-refractivity contribution in [1.82, 2.24) is 0 Å². The van der Waals surface area contributed by atoms with Gasteiger partial charge < -0.3 is 9.47 Å². The van der Waals surface area contributed by atoms with Gasteiger partial charge in [-0.25, -0.2) is 0 Å². The van der Waals surface area contributed by atoms with Gasteiger partial charge in [0.05, 0.1) is 17.8 Å². The summed E-state index contributed by atoms with van der Waals surface area (Å²) in [6, 6.07) is 10.8. The van der Waals surface area contributed by atoms with Gasteiger partial charge in [-0.15, -0.1) is 9.24 Å². The fourth-order valence-electron chi connectivity index (χ4n) is 5.97. The summed E-state index contributed by atoms with van der Waals surface area (Å²) in [5, 5.41) is 1.28. The molecule has 2 nitrogen and oxygen atoms in total. The van der Waals surface area contributed by atoms with Crippen molar-refractivity contribution in [3.63, 3.8) is 0 Å². The van der Waals surface area contributed by atoms with Crippen LogP contribution in [0.3, 0.4) is 0 Å². The molecule has 180 valence electrons. The molecule has 0 spiro atoms. The summed E-state index contributed by atoms with van der Waals surface area (Å²) in [6.45, 7) is 8.60.